The quantitative estimate of drug-likeness (QED) is 0.709. The van der Waals surface area contributed by atoms with Crippen LogP contribution in [0.25, 0.3) is 5.65 Å². The first-order valence-electron chi connectivity index (χ1n) is 7.66. The highest BCUT2D eigenvalue weighted by Gasteiger charge is 2.24. The standard InChI is InChI=1S/C16H15ClN6O/c17-12-2-3-14-20-13(11-23(14)10-12)15(24)21-6-8-22(9-7-21)16-18-4-1-5-19-16/h1-5,10-11H,6-9H2. The minimum atomic E-state index is -0.0662. The number of fused-ring (bicyclic) bond motifs is 1. The van der Waals surface area contributed by atoms with Gasteiger partial charge in [0.05, 0.1) is 5.02 Å². The second-order valence-electron chi connectivity index (χ2n) is 5.57. The number of rotatable bonds is 2. The Hall–Kier alpha value is -2.67. The molecule has 122 valence electrons. The van der Waals surface area contributed by atoms with E-state index in [1.165, 1.54) is 0 Å². The number of hydrogen-bond acceptors (Lipinski definition) is 5. The summed E-state index contributed by atoms with van der Waals surface area (Å²) in [6.45, 7) is 2.64. The van der Waals surface area contributed by atoms with Crippen LogP contribution in [0.15, 0.2) is 43.0 Å². The Kier molecular flexibility index (Phi) is 3.78. The van der Waals surface area contributed by atoms with E-state index < -0.39 is 0 Å². The number of hydrogen-bond donors (Lipinski definition) is 0. The number of aromatic nitrogens is 4. The Bertz CT molecular complexity index is 873. The van der Waals surface area contributed by atoms with Gasteiger partial charge in [-0.3, -0.25) is 4.79 Å². The molecule has 3 aromatic rings. The van der Waals surface area contributed by atoms with Gasteiger partial charge in [0.2, 0.25) is 5.95 Å². The molecule has 7 nitrogen and oxygen atoms in total. The number of imidazole rings is 1. The van der Waals surface area contributed by atoms with Crippen LogP contribution in [0.5, 0.6) is 0 Å². The number of nitrogens with zero attached hydrogens (tertiary/aromatic N) is 6. The van der Waals surface area contributed by atoms with Gasteiger partial charge in [0.25, 0.3) is 5.91 Å². The first-order chi connectivity index (χ1) is 11.7. The fourth-order valence-electron chi connectivity index (χ4n) is 2.79. The molecule has 1 aliphatic rings. The summed E-state index contributed by atoms with van der Waals surface area (Å²) in [5.41, 5.74) is 1.14. The van der Waals surface area contributed by atoms with E-state index in [9.17, 15) is 4.79 Å². The highest BCUT2D eigenvalue weighted by molar-refractivity contribution is 6.30. The molecule has 1 saturated heterocycles. The summed E-state index contributed by atoms with van der Waals surface area (Å²) in [6, 6.07) is 5.35. The molecular weight excluding hydrogens is 328 g/mol. The lowest BCUT2D eigenvalue weighted by Gasteiger charge is -2.34. The van der Waals surface area contributed by atoms with Gasteiger partial charge in [-0.1, -0.05) is 11.6 Å². The van der Waals surface area contributed by atoms with Gasteiger partial charge in [0.1, 0.15) is 11.3 Å². The van der Waals surface area contributed by atoms with Crippen molar-refractivity contribution in [1.82, 2.24) is 24.3 Å². The monoisotopic (exact) mass is 342 g/mol. The number of piperazine rings is 1. The van der Waals surface area contributed by atoms with E-state index in [1.54, 1.807) is 47.4 Å². The molecule has 0 bridgehead atoms. The van der Waals surface area contributed by atoms with Crippen LogP contribution in [0, 0.1) is 0 Å². The molecule has 4 rings (SSSR count). The molecular formula is C16H15ClN6O. The van der Waals surface area contributed by atoms with E-state index in [4.69, 9.17) is 11.6 Å². The third-order valence-electron chi connectivity index (χ3n) is 4.04. The van der Waals surface area contributed by atoms with E-state index in [0.717, 1.165) is 0 Å². The lowest BCUT2D eigenvalue weighted by Crippen LogP contribution is -2.49. The van der Waals surface area contributed by atoms with Gasteiger partial charge in [-0.15, -0.1) is 0 Å². The van der Waals surface area contributed by atoms with Crippen molar-refractivity contribution in [2.24, 2.45) is 0 Å². The molecule has 24 heavy (non-hydrogen) atoms. The molecule has 3 aromatic heterocycles. The van der Waals surface area contributed by atoms with E-state index in [1.807, 2.05) is 4.90 Å². The highest BCUT2D eigenvalue weighted by atomic mass is 35.5. The molecule has 0 N–H and O–H groups in total. The average molecular weight is 343 g/mol. The number of amides is 1. The predicted octanol–water partition coefficient (Wildman–Crippen LogP) is 1.74. The number of halogens is 1. The fourth-order valence-corrected chi connectivity index (χ4v) is 2.96. The lowest BCUT2D eigenvalue weighted by molar-refractivity contribution is 0.0741. The molecule has 0 saturated carbocycles. The molecule has 1 aliphatic heterocycles. The number of carbonyl (C=O) groups is 1. The summed E-state index contributed by atoms with van der Waals surface area (Å²) < 4.78 is 1.77. The number of carbonyl (C=O) groups excluding carboxylic acids is 1. The van der Waals surface area contributed by atoms with Crippen molar-refractivity contribution in [3.05, 3.63) is 53.7 Å². The zero-order valence-corrected chi connectivity index (χ0v) is 13.6. The van der Waals surface area contributed by atoms with Crippen LogP contribution in [0.2, 0.25) is 5.02 Å². The zero-order chi connectivity index (χ0) is 16.5. The highest BCUT2D eigenvalue weighted by Crippen LogP contribution is 2.15. The summed E-state index contributed by atoms with van der Waals surface area (Å²) >= 11 is 5.97. The smallest absolute Gasteiger partial charge is 0.274 e. The SMILES string of the molecule is O=C(c1cn2cc(Cl)ccc2n1)N1CCN(c2ncccn2)CC1. The van der Waals surface area contributed by atoms with Crippen LogP contribution in [-0.4, -0.2) is 56.3 Å². The normalized spacial score (nSPS) is 15.0. The molecule has 0 unspecified atom stereocenters. The largest absolute Gasteiger partial charge is 0.337 e. The maximum atomic E-state index is 12.7. The van der Waals surface area contributed by atoms with E-state index in [-0.39, 0.29) is 5.91 Å². The molecule has 8 heteroatoms. The van der Waals surface area contributed by atoms with Crippen LogP contribution in [0.4, 0.5) is 5.95 Å². The molecule has 0 atom stereocenters. The summed E-state index contributed by atoms with van der Waals surface area (Å²) in [5, 5.41) is 0.607. The van der Waals surface area contributed by atoms with Gasteiger partial charge >= 0.3 is 0 Å². The van der Waals surface area contributed by atoms with Crippen LogP contribution in [0.1, 0.15) is 10.5 Å². The van der Waals surface area contributed by atoms with Crippen molar-refractivity contribution >= 4 is 29.1 Å². The van der Waals surface area contributed by atoms with Crippen molar-refractivity contribution in [1.29, 1.82) is 0 Å². The fraction of sp³-hybridized carbons (Fsp3) is 0.250. The maximum Gasteiger partial charge on any atom is 0.274 e. The van der Waals surface area contributed by atoms with E-state index in [0.29, 0.717) is 48.5 Å². The molecule has 0 radical (unpaired) electrons. The van der Waals surface area contributed by atoms with Crippen molar-refractivity contribution in [3.8, 4) is 0 Å². The Balaban J connectivity index is 1.47. The second-order valence-corrected chi connectivity index (χ2v) is 6.00. The molecule has 4 heterocycles. The van der Waals surface area contributed by atoms with Gasteiger partial charge in [-0.05, 0) is 18.2 Å². The van der Waals surface area contributed by atoms with Gasteiger partial charge in [-0.2, -0.15) is 0 Å². The molecule has 0 spiro atoms. The zero-order valence-electron chi connectivity index (χ0n) is 12.8. The van der Waals surface area contributed by atoms with Crippen molar-refractivity contribution in [2.45, 2.75) is 0 Å². The third kappa shape index (κ3) is 2.78. The van der Waals surface area contributed by atoms with Gasteiger partial charge < -0.3 is 14.2 Å². The Morgan fingerprint density at radius 3 is 2.54 bits per heavy atom. The van der Waals surface area contributed by atoms with Crippen LogP contribution in [-0.2, 0) is 0 Å². The molecule has 1 fully saturated rings. The lowest BCUT2D eigenvalue weighted by atomic mass is 10.3. The van der Waals surface area contributed by atoms with Crippen LogP contribution >= 0.6 is 11.6 Å². The third-order valence-corrected chi connectivity index (χ3v) is 4.26. The maximum absolute atomic E-state index is 12.7. The molecule has 1 amide bonds. The number of anilines is 1. The first kappa shape index (κ1) is 14.9. The van der Waals surface area contributed by atoms with Crippen molar-refractivity contribution in [2.75, 3.05) is 31.1 Å². The summed E-state index contributed by atoms with van der Waals surface area (Å²) in [4.78, 5) is 29.4. The topological polar surface area (TPSA) is 66.6 Å². The summed E-state index contributed by atoms with van der Waals surface area (Å²) in [5.74, 6) is 0.635. The van der Waals surface area contributed by atoms with Gasteiger partial charge in [-0.25, -0.2) is 15.0 Å². The molecule has 0 aromatic carbocycles. The van der Waals surface area contributed by atoms with E-state index in [2.05, 4.69) is 19.9 Å². The Morgan fingerprint density at radius 1 is 1.04 bits per heavy atom. The van der Waals surface area contributed by atoms with Crippen molar-refractivity contribution in [3.63, 3.8) is 0 Å². The minimum absolute atomic E-state index is 0.0662. The minimum Gasteiger partial charge on any atom is -0.337 e. The van der Waals surface area contributed by atoms with Crippen LogP contribution in [0.3, 0.4) is 0 Å². The first-order valence-corrected chi connectivity index (χ1v) is 8.04. The summed E-state index contributed by atoms with van der Waals surface area (Å²) in [7, 11) is 0. The molecule has 0 aliphatic carbocycles. The Labute approximate surface area is 143 Å². The number of pyridine rings is 1. The van der Waals surface area contributed by atoms with Gasteiger partial charge in [0, 0.05) is 51.0 Å². The van der Waals surface area contributed by atoms with Crippen molar-refractivity contribution < 1.29 is 4.79 Å². The van der Waals surface area contributed by atoms with Gasteiger partial charge in [0.15, 0.2) is 0 Å². The summed E-state index contributed by atoms with van der Waals surface area (Å²) in [6.07, 6.45) is 6.91. The Morgan fingerprint density at radius 2 is 1.79 bits per heavy atom. The van der Waals surface area contributed by atoms with E-state index >= 15 is 0 Å². The second kappa shape index (κ2) is 6.09. The predicted molar refractivity (Wildman–Crippen MR) is 90.4 cm³/mol. The average Bonchev–Trinajstić information content (AvgIpc) is 3.05. The van der Waals surface area contributed by atoms with Crippen LogP contribution < -0.4 is 4.90 Å².